The Morgan fingerprint density at radius 2 is 1.92 bits per heavy atom. The number of amides is 2. The van der Waals surface area contributed by atoms with Gasteiger partial charge in [0.25, 0.3) is 5.91 Å². The predicted octanol–water partition coefficient (Wildman–Crippen LogP) is 3.31. The van der Waals surface area contributed by atoms with Gasteiger partial charge < -0.3 is 15.0 Å². The molecule has 132 valence electrons. The quantitative estimate of drug-likeness (QED) is 0.833. The molecule has 1 saturated heterocycles. The predicted molar refractivity (Wildman–Crippen MR) is 95.1 cm³/mol. The number of carbonyl (C=O) groups excluding carboxylic acids is 2. The number of morpholine rings is 1. The molecular weight excluding hydrogens is 304 g/mol. The number of anilines is 1. The molecule has 1 N–H and O–H groups in total. The lowest BCUT2D eigenvalue weighted by molar-refractivity contribution is -0.120. The SMILES string of the molecule is CCCCC(CC)C(=O)Nc1ccccc1C(=O)N1CCOCC1. The molecule has 2 amide bonds. The molecule has 2 rings (SSSR count). The highest BCUT2D eigenvalue weighted by Gasteiger charge is 2.23. The van der Waals surface area contributed by atoms with E-state index < -0.39 is 0 Å². The molecule has 1 heterocycles. The smallest absolute Gasteiger partial charge is 0.256 e. The van der Waals surface area contributed by atoms with Crippen molar-refractivity contribution in [2.45, 2.75) is 39.5 Å². The van der Waals surface area contributed by atoms with Crippen molar-refractivity contribution in [3.63, 3.8) is 0 Å². The van der Waals surface area contributed by atoms with E-state index >= 15 is 0 Å². The molecule has 1 atom stereocenters. The van der Waals surface area contributed by atoms with Crippen molar-refractivity contribution in [3.8, 4) is 0 Å². The van der Waals surface area contributed by atoms with Gasteiger partial charge in [-0.25, -0.2) is 0 Å². The Morgan fingerprint density at radius 3 is 2.58 bits per heavy atom. The van der Waals surface area contributed by atoms with Gasteiger partial charge in [0.15, 0.2) is 0 Å². The topological polar surface area (TPSA) is 58.6 Å². The Bertz CT molecular complexity index is 553. The van der Waals surface area contributed by atoms with Gasteiger partial charge in [-0.2, -0.15) is 0 Å². The van der Waals surface area contributed by atoms with Crippen LogP contribution in [0.1, 0.15) is 49.9 Å². The standard InChI is InChI=1S/C19H28N2O3/c1-3-5-8-15(4-2)18(22)20-17-10-7-6-9-16(17)19(23)21-11-13-24-14-12-21/h6-7,9-10,15H,3-5,8,11-14H2,1-2H3,(H,20,22). The maximum absolute atomic E-state index is 12.7. The fourth-order valence-corrected chi connectivity index (χ4v) is 2.92. The second kappa shape index (κ2) is 9.42. The van der Waals surface area contributed by atoms with Crippen LogP contribution in [0.2, 0.25) is 0 Å². The third-order valence-corrected chi connectivity index (χ3v) is 4.48. The van der Waals surface area contributed by atoms with E-state index in [0.29, 0.717) is 37.6 Å². The first-order valence-electron chi connectivity index (χ1n) is 8.94. The maximum Gasteiger partial charge on any atom is 0.256 e. The third kappa shape index (κ3) is 4.81. The van der Waals surface area contributed by atoms with Crippen molar-refractivity contribution in [2.75, 3.05) is 31.6 Å². The summed E-state index contributed by atoms with van der Waals surface area (Å²) in [5.74, 6) is -0.0412. The van der Waals surface area contributed by atoms with Gasteiger partial charge in [-0.3, -0.25) is 9.59 Å². The molecule has 0 spiro atoms. The third-order valence-electron chi connectivity index (χ3n) is 4.48. The molecule has 0 aromatic heterocycles. The summed E-state index contributed by atoms with van der Waals surface area (Å²) < 4.78 is 5.30. The fraction of sp³-hybridized carbons (Fsp3) is 0.579. The Labute approximate surface area is 144 Å². The molecule has 5 heteroatoms. The highest BCUT2D eigenvalue weighted by molar-refractivity contribution is 6.04. The lowest BCUT2D eigenvalue weighted by atomic mass is 9.98. The molecule has 0 bridgehead atoms. The van der Waals surface area contributed by atoms with Crippen molar-refractivity contribution in [1.29, 1.82) is 0 Å². The van der Waals surface area contributed by atoms with Crippen LogP contribution in [0.5, 0.6) is 0 Å². The molecule has 1 aromatic rings. The summed E-state index contributed by atoms with van der Waals surface area (Å²) in [6.07, 6.45) is 3.82. The van der Waals surface area contributed by atoms with E-state index in [1.165, 1.54) is 0 Å². The normalized spacial score (nSPS) is 15.8. The molecule has 1 aliphatic rings. The molecule has 1 aromatic carbocycles. The van der Waals surface area contributed by atoms with Crippen LogP contribution in [-0.2, 0) is 9.53 Å². The van der Waals surface area contributed by atoms with E-state index in [4.69, 9.17) is 4.74 Å². The van der Waals surface area contributed by atoms with E-state index in [-0.39, 0.29) is 17.7 Å². The Morgan fingerprint density at radius 1 is 1.21 bits per heavy atom. The van der Waals surface area contributed by atoms with Crippen LogP contribution < -0.4 is 5.32 Å². The minimum absolute atomic E-state index is 0.00325. The summed E-state index contributed by atoms with van der Waals surface area (Å²) in [4.78, 5) is 27.1. The van der Waals surface area contributed by atoms with Crippen molar-refractivity contribution in [3.05, 3.63) is 29.8 Å². The van der Waals surface area contributed by atoms with Crippen LogP contribution in [0, 0.1) is 5.92 Å². The molecule has 24 heavy (non-hydrogen) atoms. The minimum atomic E-state index is -0.0455. The first-order chi connectivity index (χ1) is 11.7. The molecular formula is C19H28N2O3. The van der Waals surface area contributed by atoms with Crippen LogP contribution >= 0.6 is 0 Å². The maximum atomic E-state index is 12.7. The lowest BCUT2D eigenvalue weighted by Crippen LogP contribution is -2.41. The molecule has 0 radical (unpaired) electrons. The van der Waals surface area contributed by atoms with Crippen molar-refractivity contribution < 1.29 is 14.3 Å². The van der Waals surface area contributed by atoms with Crippen molar-refractivity contribution in [1.82, 2.24) is 4.90 Å². The zero-order chi connectivity index (χ0) is 17.4. The molecule has 1 unspecified atom stereocenters. The highest BCUT2D eigenvalue weighted by Crippen LogP contribution is 2.21. The minimum Gasteiger partial charge on any atom is -0.378 e. The second-order valence-corrected chi connectivity index (χ2v) is 6.19. The first-order valence-corrected chi connectivity index (χ1v) is 8.94. The average molecular weight is 332 g/mol. The summed E-state index contributed by atoms with van der Waals surface area (Å²) in [6, 6.07) is 7.26. The monoisotopic (exact) mass is 332 g/mol. The molecule has 1 fully saturated rings. The van der Waals surface area contributed by atoms with Crippen LogP contribution in [-0.4, -0.2) is 43.0 Å². The summed E-state index contributed by atoms with van der Waals surface area (Å²) in [6.45, 7) is 6.47. The summed E-state index contributed by atoms with van der Waals surface area (Å²) >= 11 is 0. The van der Waals surface area contributed by atoms with Crippen molar-refractivity contribution >= 4 is 17.5 Å². The van der Waals surface area contributed by atoms with Gasteiger partial charge in [0.05, 0.1) is 24.5 Å². The van der Waals surface area contributed by atoms with E-state index in [9.17, 15) is 9.59 Å². The van der Waals surface area contributed by atoms with Gasteiger partial charge in [0.2, 0.25) is 5.91 Å². The van der Waals surface area contributed by atoms with E-state index in [1.54, 1.807) is 17.0 Å². The van der Waals surface area contributed by atoms with Gasteiger partial charge >= 0.3 is 0 Å². The molecule has 1 aliphatic heterocycles. The average Bonchev–Trinajstić information content (AvgIpc) is 2.63. The number of unbranched alkanes of at least 4 members (excludes halogenated alkanes) is 1. The zero-order valence-corrected chi connectivity index (χ0v) is 14.7. The van der Waals surface area contributed by atoms with Crippen LogP contribution in [0.3, 0.4) is 0 Å². The summed E-state index contributed by atoms with van der Waals surface area (Å²) in [5.41, 5.74) is 1.16. The summed E-state index contributed by atoms with van der Waals surface area (Å²) in [7, 11) is 0. The van der Waals surface area contributed by atoms with Crippen molar-refractivity contribution in [2.24, 2.45) is 5.92 Å². The van der Waals surface area contributed by atoms with Gasteiger partial charge in [-0.1, -0.05) is 38.8 Å². The highest BCUT2D eigenvalue weighted by atomic mass is 16.5. The van der Waals surface area contributed by atoms with E-state index in [2.05, 4.69) is 12.2 Å². The largest absolute Gasteiger partial charge is 0.378 e. The Balaban J connectivity index is 2.10. The van der Waals surface area contributed by atoms with Crippen LogP contribution in [0.4, 0.5) is 5.69 Å². The number of nitrogens with zero attached hydrogens (tertiary/aromatic N) is 1. The zero-order valence-electron chi connectivity index (χ0n) is 14.7. The number of nitrogens with one attached hydrogen (secondary N) is 1. The van der Waals surface area contributed by atoms with Gasteiger partial charge in [0.1, 0.15) is 0 Å². The van der Waals surface area contributed by atoms with Crippen LogP contribution in [0.15, 0.2) is 24.3 Å². The fourth-order valence-electron chi connectivity index (χ4n) is 2.92. The van der Waals surface area contributed by atoms with E-state index in [1.807, 2.05) is 19.1 Å². The number of hydrogen-bond donors (Lipinski definition) is 1. The molecule has 5 nitrogen and oxygen atoms in total. The summed E-state index contributed by atoms with van der Waals surface area (Å²) in [5, 5.41) is 2.97. The van der Waals surface area contributed by atoms with Crippen LogP contribution in [0.25, 0.3) is 0 Å². The van der Waals surface area contributed by atoms with Gasteiger partial charge in [-0.15, -0.1) is 0 Å². The van der Waals surface area contributed by atoms with Gasteiger partial charge in [-0.05, 0) is 25.0 Å². The number of hydrogen-bond acceptors (Lipinski definition) is 3. The Kier molecular flexibility index (Phi) is 7.25. The molecule has 0 aliphatic carbocycles. The second-order valence-electron chi connectivity index (χ2n) is 6.19. The number of rotatable bonds is 7. The lowest BCUT2D eigenvalue weighted by Gasteiger charge is -2.27. The number of benzene rings is 1. The number of para-hydroxylation sites is 1. The van der Waals surface area contributed by atoms with E-state index in [0.717, 1.165) is 25.7 Å². The molecule has 0 saturated carbocycles. The number of ether oxygens (including phenoxy) is 1. The van der Waals surface area contributed by atoms with Gasteiger partial charge in [0, 0.05) is 19.0 Å². The number of carbonyl (C=O) groups is 2. The Hall–Kier alpha value is -1.88. The first kappa shape index (κ1) is 18.5.